The van der Waals surface area contributed by atoms with Gasteiger partial charge < -0.3 is 10.3 Å². The highest BCUT2D eigenvalue weighted by Gasteiger charge is 2.24. The Bertz CT molecular complexity index is 1260. The molecule has 2 aromatic carbocycles. The summed E-state index contributed by atoms with van der Waals surface area (Å²) in [6.45, 7) is 3.68. The van der Waals surface area contributed by atoms with Crippen LogP contribution in [0.25, 0.3) is 0 Å². The van der Waals surface area contributed by atoms with Gasteiger partial charge in [0.15, 0.2) is 10.1 Å². The van der Waals surface area contributed by atoms with Crippen LogP contribution in [0.1, 0.15) is 18.9 Å². The molecule has 0 spiro atoms. The molecule has 0 radical (unpaired) electrons. The molecule has 3 aromatic rings. The van der Waals surface area contributed by atoms with E-state index in [1.807, 2.05) is 13.8 Å². The quantitative estimate of drug-likeness (QED) is 0.392. The van der Waals surface area contributed by atoms with E-state index in [9.17, 15) is 18.0 Å². The van der Waals surface area contributed by atoms with Gasteiger partial charge in [-0.2, -0.15) is 0 Å². The summed E-state index contributed by atoms with van der Waals surface area (Å²) < 4.78 is 25.3. The van der Waals surface area contributed by atoms with Crippen molar-refractivity contribution in [1.82, 2.24) is 9.97 Å². The number of amides is 1. The molecule has 162 valence electrons. The molecule has 1 heterocycles. The van der Waals surface area contributed by atoms with Crippen LogP contribution in [0.4, 0.5) is 5.69 Å². The normalized spacial score (nSPS) is 12.4. The minimum Gasteiger partial charge on any atom is -0.325 e. The minimum absolute atomic E-state index is 0.00501. The third-order valence-corrected chi connectivity index (χ3v) is 7.72. The molecule has 7 nitrogen and oxygen atoms in total. The lowest BCUT2D eigenvalue weighted by molar-refractivity contribution is -0.115. The van der Waals surface area contributed by atoms with Gasteiger partial charge in [-0.25, -0.2) is 13.4 Å². The van der Waals surface area contributed by atoms with Crippen molar-refractivity contribution >= 4 is 44.8 Å². The fraction of sp³-hybridized carbons (Fsp3) is 0.190. The van der Waals surface area contributed by atoms with E-state index in [0.717, 1.165) is 23.5 Å². The van der Waals surface area contributed by atoms with E-state index in [0.29, 0.717) is 17.1 Å². The number of H-pyrrole nitrogens is 1. The lowest BCUT2D eigenvalue weighted by Gasteiger charge is -2.15. The lowest BCUT2D eigenvalue weighted by Crippen LogP contribution is -2.26. The molecule has 0 bridgehead atoms. The van der Waals surface area contributed by atoms with Crippen molar-refractivity contribution in [3.63, 3.8) is 0 Å². The zero-order chi connectivity index (χ0) is 22.6. The molecule has 3 rings (SSSR count). The number of carbonyl (C=O) groups is 1. The number of halogens is 1. The predicted octanol–water partition coefficient (Wildman–Crippen LogP) is 4.07. The number of hydrogen-bond acceptors (Lipinski definition) is 6. The third-order valence-electron chi connectivity index (χ3n) is 4.46. The number of nitrogens with one attached hydrogen (secondary N) is 2. The number of nitrogens with zero attached hydrogens (tertiary/aromatic N) is 1. The number of aryl methyl sites for hydroxylation is 1. The first-order valence-corrected chi connectivity index (χ1v) is 12.1. The molecular formula is C21H20ClN3O4S2. The second-order valence-corrected chi connectivity index (χ2v) is 10.2. The second kappa shape index (κ2) is 9.67. The maximum atomic E-state index is 12.7. The maximum Gasteiger partial charge on any atom is 0.270 e. The van der Waals surface area contributed by atoms with Crippen LogP contribution in [-0.2, 0) is 14.6 Å². The average molecular weight is 478 g/mol. The summed E-state index contributed by atoms with van der Waals surface area (Å²) in [4.78, 5) is 31.3. The van der Waals surface area contributed by atoms with Gasteiger partial charge in [-0.05, 0) is 43.2 Å². The van der Waals surface area contributed by atoms with Gasteiger partial charge >= 0.3 is 0 Å². The average Bonchev–Trinajstić information content (AvgIpc) is 2.75. The van der Waals surface area contributed by atoms with E-state index in [2.05, 4.69) is 15.3 Å². The van der Waals surface area contributed by atoms with Crippen LogP contribution in [0.15, 0.2) is 74.5 Å². The summed E-state index contributed by atoms with van der Waals surface area (Å²) in [5.41, 5.74) is 0.671. The summed E-state index contributed by atoms with van der Waals surface area (Å²) in [6.07, 6.45) is 1.49. The predicted molar refractivity (Wildman–Crippen MR) is 122 cm³/mol. The fourth-order valence-corrected chi connectivity index (χ4v) is 5.04. The standard InChI is InChI=1S/C21H20ClN3O4S2/c1-3-17(19(26)24-16-11-14(22)10-9-13(16)2)30-21-23-12-18(20(27)25-21)31(28,29)15-7-5-4-6-8-15/h4-12,17H,3H2,1-2H3,(H,24,26)(H,23,25,27)/t17-/m0/s1. The number of aromatic amines is 1. The zero-order valence-corrected chi connectivity index (χ0v) is 19.1. The SMILES string of the molecule is CC[C@H](Sc1ncc(S(=O)(=O)c2ccccc2)c(=O)[nH]1)C(=O)Nc1cc(Cl)ccc1C. The number of carbonyl (C=O) groups excluding carboxylic acids is 1. The summed E-state index contributed by atoms with van der Waals surface area (Å²) in [5.74, 6) is -0.276. The number of hydrogen-bond donors (Lipinski definition) is 2. The van der Waals surface area contributed by atoms with E-state index in [1.165, 1.54) is 12.1 Å². The molecular weight excluding hydrogens is 458 g/mol. The molecule has 0 saturated carbocycles. The van der Waals surface area contributed by atoms with Gasteiger partial charge in [-0.1, -0.05) is 54.6 Å². The van der Waals surface area contributed by atoms with E-state index < -0.39 is 25.5 Å². The first-order chi connectivity index (χ1) is 14.7. The largest absolute Gasteiger partial charge is 0.325 e. The number of anilines is 1. The Morgan fingerprint density at radius 2 is 1.94 bits per heavy atom. The number of sulfone groups is 1. The molecule has 0 aliphatic heterocycles. The Labute approximate surface area is 189 Å². The molecule has 0 fully saturated rings. The van der Waals surface area contributed by atoms with Crippen molar-refractivity contribution < 1.29 is 13.2 Å². The number of rotatable bonds is 7. The summed E-state index contributed by atoms with van der Waals surface area (Å²) in [5, 5.41) is 2.93. The third kappa shape index (κ3) is 5.36. The van der Waals surface area contributed by atoms with Crippen LogP contribution in [0.5, 0.6) is 0 Å². The second-order valence-electron chi connectivity index (χ2n) is 6.66. The number of benzene rings is 2. The minimum atomic E-state index is -3.99. The summed E-state index contributed by atoms with van der Waals surface area (Å²) in [6, 6.07) is 12.8. The van der Waals surface area contributed by atoms with Crippen molar-refractivity contribution in [2.24, 2.45) is 0 Å². The first-order valence-electron chi connectivity index (χ1n) is 9.35. The van der Waals surface area contributed by atoms with E-state index in [1.54, 1.807) is 36.4 Å². The van der Waals surface area contributed by atoms with Gasteiger partial charge in [-0.15, -0.1) is 0 Å². The van der Waals surface area contributed by atoms with E-state index in [4.69, 9.17) is 11.6 Å². The molecule has 0 saturated heterocycles. The van der Waals surface area contributed by atoms with Crippen molar-refractivity contribution in [1.29, 1.82) is 0 Å². The molecule has 0 aliphatic rings. The Morgan fingerprint density at radius 1 is 1.23 bits per heavy atom. The summed E-state index contributed by atoms with van der Waals surface area (Å²) >= 11 is 7.05. The first kappa shape index (κ1) is 23.1. The van der Waals surface area contributed by atoms with Gasteiger partial charge in [0.1, 0.15) is 0 Å². The van der Waals surface area contributed by atoms with Crippen molar-refractivity contribution in [2.45, 2.75) is 40.5 Å². The van der Waals surface area contributed by atoms with Crippen LogP contribution in [0.2, 0.25) is 5.02 Å². The zero-order valence-electron chi connectivity index (χ0n) is 16.8. The summed E-state index contributed by atoms with van der Waals surface area (Å²) in [7, 11) is -3.99. The van der Waals surface area contributed by atoms with Crippen molar-refractivity contribution in [2.75, 3.05) is 5.32 Å². The van der Waals surface area contributed by atoms with Crippen LogP contribution in [-0.4, -0.2) is 29.5 Å². The smallest absolute Gasteiger partial charge is 0.270 e. The topological polar surface area (TPSA) is 109 Å². The van der Waals surface area contributed by atoms with Gasteiger partial charge in [0.25, 0.3) is 5.56 Å². The fourth-order valence-electron chi connectivity index (χ4n) is 2.74. The molecule has 2 N–H and O–H groups in total. The molecule has 10 heteroatoms. The van der Waals surface area contributed by atoms with E-state index >= 15 is 0 Å². The van der Waals surface area contributed by atoms with Crippen molar-refractivity contribution in [3.8, 4) is 0 Å². The molecule has 1 amide bonds. The van der Waals surface area contributed by atoms with Crippen LogP contribution < -0.4 is 10.9 Å². The Morgan fingerprint density at radius 3 is 2.58 bits per heavy atom. The highest BCUT2D eigenvalue weighted by Crippen LogP contribution is 2.26. The van der Waals surface area contributed by atoms with Gasteiger partial charge in [0, 0.05) is 10.7 Å². The van der Waals surface area contributed by atoms with Gasteiger partial charge in [-0.3, -0.25) is 9.59 Å². The van der Waals surface area contributed by atoms with Gasteiger partial charge in [0.2, 0.25) is 15.7 Å². The highest BCUT2D eigenvalue weighted by atomic mass is 35.5. The Hall–Kier alpha value is -2.62. The Kier molecular flexibility index (Phi) is 7.19. The molecule has 31 heavy (non-hydrogen) atoms. The monoisotopic (exact) mass is 477 g/mol. The molecule has 1 atom stereocenters. The molecule has 1 aromatic heterocycles. The van der Waals surface area contributed by atoms with Crippen molar-refractivity contribution in [3.05, 3.63) is 75.7 Å². The van der Waals surface area contributed by atoms with Crippen LogP contribution in [0, 0.1) is 6.92 Å². The number of aromatic nitrogens is 2. The van der Waals surface area contributed by atoms with Crippen LogP contribution in [0.3, 0.4) is 0 Å². The maximum absolute atomic E-state index is 12.7. The van der Waals surface area contributed by atoms with E-state index in [-0.39, 0.29) is 16.0 Å². The van der Waals surface area contributed by atoms with Gasteiger partial charge in [0.05, 0.1) is 16.3 Å². The Balaban J connectivity index is 1.80. The highest BCUT2D eigenvalue weighted by molar-refractivity contribution is 8.00. The van der Waals surface area contributed by atoms with Crippen LogP contribution >= 0.6 is 23.4 Å². The molecule has 0 unspecified atom stereocenters. The lowest BCUT2D eigenvalue weighted by atomic mass is 10.2. The molecule has 0 aliphatic carbocycles. The number of thioether (sulfide) groups is 1.